The van der Waals surface area contributed by atoms with Crippen LogP contribution in [0.15, 0.2) is 29.2 Å². The van der Waals surface area contributed by atoms with E-state index in [4.69, 9.17) is 0 Å². The number of nitrogens with zero attached hydrogens (tertiary/aromatic N) is 3. The van der Waals surface area contributed by atoms with E-state index >= 15 is 4.39 Å². The molecule has 166 valence electrons. The minimum absolute atomic E-state index is 0.0138. The highest BCUT2D eigenvalue weighted by atomic mass is 19.1. The number of benzene rings is 1. The number of fused-ring (bicyclic) bond motifs is 4. The molecule has 2 unspecified atom stereocenters. The fourth-order valence-electron chi connectivity index (χ4n) is 4.65. The predicted octanol–water partition coefficient (Wildman–Crippen LogP) is 2.75. The summed E-state index contributed by atoms with van der Waals surface area (Å²) >= 11 is 0. The van der Waals surface area contributed by atoms with Crippen LogP contribution in [0, 0.1) is 24.4 Å². The van der Waals surface area contributed by atoms with Gasteiger partial charge in [0.2, 0.25) is 5.43 Å². The lowest BCUT2D eigenvalue weighted by atomic mass is 9.93. The van der Waals surface area contributed by atoms with E-state index in [0.717, 1.165) is 35.7 Å². The second-order valence-corrected chi connectivity index (χ2v) is 8.20. The number of aryl methyl sites for hydroxylation is 1. The fraction of sp³-hybridized carbons (Fsp3) is 0.318. The Morgan fingerprint density at radius 1 is 1.25 bits per heavy atom. The molecule has 10 heteroatoms. The van der Waals surface area contributed by atoms with E-state index in [9.17, 15) is 23.5 Å². The van der Waals surface area contributed by atoms with E-state index in [0.29, 0.717) is 19.2 Å². The van der Waals surface area contributed by atoms with Gasteiger partial charge in [-0.1, -0.05) is 0 Å². The molecular weight excluding hydrogens is 425 g/mol. The van der Waals surface area contributed by atoms with Gasteiger partial charge in [0.15, 0.2) is 17.3 Å². The van der Waals surface area contributed by atoms with Crippen LogP contribution in [0.3, 0.4) is 0 Å². The van der Waals surface area contributed by atoms with Crippen LogP contribution < -0.4 is 15.6 Å². The van der Waals surface area contributed by atoms with Gasteiger partial charge in [-0.15, -0.1) is 0 Å². The van der Waals surface area contributed by atoms with Gasteiger partial charge in [-0.25, -0.2) is 22.9 Å². The second kappa shape index (κ2) is 7.33. The Balaban J connectivity index is 1.84. The summed E-state index contributed by atoms with van der Waals surface area (Å²) in [7, 11) is 0. The maximum Gasteiger partial charge on any atom is 0.341 e. The molecule has 3 saturated heterocycles. The maximum absolute atomic E-state index is 15.5. The number of aromatic nitrogens is 2. The van der Waals surface area contributed by atoms with Crippen molar-refractivity contribution in [3.8, 4) is 5.69 Å². The molecule has 3 aliphatic rings. The van der Waals surface area contributed by atoms with Crippen LogP contribution in [0.1, 0.15) is 28.8 Å². The molecule has 2 bridgehead atoms. The van der Waals surface area contributed by atoms with Crippen LogP contribution in [0.25, 0.3) is 16.7 Å². The Kier molecular flexibility index (Phi) is 4.70. The molecule has 0 aliphatic carbocycles. The van der Waals surface area contributed by atoms with E-state index < -0.39 is 34.4 Å². The number of piperidine rings is 2. The summed E-state index contributed by atoms with van der Waals surface area (Å²) in [6.07, 6.45) is 2.76. The molecule has 0 radical (unpaired) electrons. The van der Waals surface area contributed by atoms with Gasteiger partial charge in [0.05, 0.1) is 11.1 Å². The largest absolute Gasteiger partial charge is 0.477 e. The number of nitrogens with one attached hydrogen (secondary N) is 1. The third-order valence-corrected chi connectivity index (χ3v) is 6.31. The van der Waals surface area contributed by atoms with Crippen LogP contribution in [-0.4, -0.2) is 45.8 Å². The lowest BCUT2D eigenvalue weighted by Gasteiger charge is -2.46. The third-order valence-electron chi connectivity index (χ3n) is 6.31. The summed E-state index contributed by atoms with van der Waals surface area (Å²) < 4.78 is 44.7. The first-order valence-electron chi connectivity index (χ1n) is 10.2. The van der Waals surface area contributed by atoms with Crippen LogP contribution in [0.4, 0.5) is 19.0 Å². The van der Waals surface area contributed by atoms with E-state index in [1.54, 1.807) is 0 Å². The molecule has 0 saturated carbocycles. The minimum atomic E-state index is -1.54. The molecule has 32 heavy (non-hydrogen) atoms. The quantitative estimate of drug-likeness (QED) is 0.646. The van der Waals surface area contributed by atoms with Crippen molar-refractivity contribution in [1.82, 2.24) is 14.9 Å². The molecule has 7 nitrogen and oxygen atoms in total. The van der Waals surface area contributed by atoms with Gasteiger partial charge < -0.3 is 15.3 Å². The Hall–Kier alpha value is -3.40. The number of rotatable bonds is 3. The lowest BCUT2D eigenvalue weighted by Crippen LogP contribution is -2.61. The monoisotopic (exact) mass is 444 g/mol. The molecule has 6 rings (SSSR count). The molecule has 2 aromatic heterocycles. The van der Waals surface area contributed by atoms with Crippen molar-refractivity contribution in [3.05, 3.63) is 63.2 Å². The summed E-state index contributed by atoms with van der Waals surface area (Å²) in [5, 5.41) is 12.6. The van der Waals surface area contributed by atoms with Crippen molar-refractivity contribution in [1.29, 1.82) is 0 Å². The number of carboxylic acid groups (broad SMARTS) is 1. The molecule has 1 aromatic carbocycles. The molecule has 3 aromatic rings. The smallest absolute Gasteiger partial charge is 0.341 e. The number of aromatic carboxylic acids is 1. The van der Waals surface area contributed by atoms with Crippen molar-refractivity contribution in [2.24, 2.45) is 0 Å². The number of pyridine rings is 2. The zero-order valence-electron chi connectivity index (χ0n) is 17.0. The molecule has 0 spiro atoms. The van der Waals surface area contributed by atoms with E-state index in [1.807, 2.05) is 4.90 Å². The number of hydrogen-bond donors (Lipinski definition) is 2. The first-order chi connectivity index (χ1) is 15.3. The Bertz CT molecular complexity index is 1330. The SMILES string of the molecule is Cc1c(F)c(N2CC3CCC2CN3)nc2c1c(=O)c(C(=O)O)cn2-c1ccc(F)cc1F. The van der Waals surface area contributed by atoms with Crippen molar-refractivity contribution < 1.29 is 23.1 Å². The van der Waals surface area contributed by atoms with Gasteiger partial charge in [0, 0.05) is 43.0 Å². The topological polar surface area (TPSA) is 87.5 Å². The van der Waals surface area contributed by atoms with Gasteiger partial charge in [0.1, 0.15) is 17.2 Å². The molecule has 5 heterocycles. The molecule has 2 atom stereocenters. The van der Waals surface area contributed by atoms with Crippen LogP contribution in [0.5, 0.6) is 0 Å². The van der Waals surface area contributed by atoms with Gasteiger partial charge in [-0.3, -0.25) is 9.36 Å². The molecule has 3 fully saturated rings. The number of hydrogen-bond acceptors (Lipinski definition) is 5. The second-order valence-electron chi connectivity index (χ2n) is 8.20. The van der Waals surface area contributed by atoms with E-state index in [1.165, 1.54) is 6.92 Å². The first kappa shape index (κ1) is 20.5. The minimum Gasteiger partial charge on any atom is -0.477 e. The Morgan fingerprint density at radius 3 is 2.62 bits per heavy atom. The van der Waals surface area contributed by atoms with Gasteiger partial charge in [0.25, 0.3) is 0 Å². The third kappa shape index (κ3) is 3.05. The Labute approximate surface area is 180 Å². The number of anilines is 1. The zero-order chi connectivity index (χ0) is 22.7. The predicted molar refractivity (Wildman–Crippen MR) is 111 cm³/mol. The Morgan fingerprint density at radius 2 is 2.03 bits per heavy atom. The van der Waals surface area contributed by atoms with Gasteiger partial charge >= 0.3 is 5.97 Å². The van der Waals surface area contributed by atoms with Crippen molar-refractivity contribution in [2.45, 2.75) is 31.8 Å². The number of piperazine rings is 1. The number of carboxylic acids is 1. The molecule has 2 N–H and O–H groups in total. The van der Waals surface area contributed by atoms with E-state index in [2.05, 4.69) is 10.3 Å². The highest BCUT2D eigenvalue weighted by Crippen LogP contribution is 2.33. The normalized spacial score (nSPS) is 20.2. The molecule has 0 amide bonds. The van der Waals surface area contributed by atoms with E-state index in [-0.39, 0.29) is 40.2 Å². The lowest BCUT2D eigenvalue weighted by molar-refractivity contribution is 0.0695. The zero-order valence-corrected chi connectivity index (χ0v) is 17.0. The fourth-order valence-corrected chi connectivity index (χ4v) is 4.65. The first-order valence-corrected chi connectivity index (χ1v) is 10.2. The summed E-state index contributed by atoms with van der Waals surface area (Å²) in [5.41, 5.74) is -1.94. The summed E-state index contributed by atoms with van der Waals surface area (Å²) in [6.45, 7) is 2.57. The van der Waals surface area contributed by atoms with Crippen LogP contribution in [0.2, 0.25) is 0 Å². The maximum atomic E-state index is 15.5. The number of halogens is 3. The molecular formula is C22H19F3N4O3. The van der Waals surface area contributed by atoms with Crippen LogP contribution in [-0.2, 0) is 0 Å². The number of carbonyl (C=O) groups is 1. The standard InChI is InChI=1S/C22H19F3N4O3/c1-10-17-19(30)14(22(31)32)9-29(16-5-2-11(23)6-15(16)24)20(17)27-21(18(10)25)28-8-12-3-4-13(28)7-26-12/h2,5-6,9,12-13,26H,3-4,7-8H2,1H3,(H,31,32). The van der Waals surface area contributed by atoms with Crippen molar-refractivity contribution in [3.63, 3.8) is 0 Å². The average Bonchev–Trinajstić information content (AvgIpc) is 2.77. The average molecular weight is 444 g/mol. The summed E-state index contributed by atoms with van der Waals surface area (Å²) in [6, 6.07) is 2.97. The molecule has 3 aliphatic heterocycles. The highest BCUT2D eigenvalue weighted by molar-refractivity contribution is 5.93. The van der Waals surface area contributed by atoms with Crippen molar-refractivity contribution >= 4 is 22.8 Å². The summed E-state index contributed by atoms with van der Waals surface area (Å²) in [5.74, 6) is -4.02. The highest BCUT2D eigenvalue weighted by Gasteiger charge is 2.36. The van der Waals surface area contributed by atoms with Crippen LogP contribution >= 0.6 is 0 Å². The van der Waals surface area contributed by atoms with Crippen molar-refractivity contribution in [2.75, 3.05) is 18.0 Å². The van der Waals surface area contributed by atoms with Gasteiger partial charge in [-0.2, -0.15) is 0 Å². The summed E-state index contributed by atoms with van der Waals surface area (Å²) in [4.78, 5) is 30.8. The van der Waals surface area contributed by atoms with Gasteiger partial charge in [-0.05, 0) is 31.9 Å².